The second-order valence-electron chi connectivity index (χ2n) is 4.36. The second kappa shape index (κ2) is 5.73. The maximum atomic E-state index is 6.21. The maximum Gasteiger partial charge on any atom is 0.212 e. The van der Waals surface area contributed by atoms with Crippen molar-refractivity contribution in [2.24, 2.45) is 0 Å². The first-order chi connectivity index (χ1) is 9.21. The Balaban J connectivity index is 2.43. The predicted octanol–water partition coefficient (Wildman–Crippen LogP) is 2.51. The molecule has 5 nitrogen and oxygen atoms in total. The Kier molecular flexibility index (Phi) is 4.04. The number of nitrogens with zero attached hydrogens (tertiary/aromatic N) is 3. The fraction of sp³-hybridized carbons (Fsp3) is 0.429. The van der Waals surface area contributed by atoms with Gasteiger partial charge < -0.3 is 15.0 Å². The number of nitrogen functional groups attached to an aromatic ring is 1. The molecule has 0 aliphatic rings. The van der Waals surface area contributed by atoms with Crippen LogP contribution in [0.5, 0.6) is 5.88 Å². The van der Waals surface area contributed by atoms with Crippen molar-refractivity contribution in [3.05, 3.63) is 24.2 Å². The standard InChI is InChI=1S/C14H20N4O/c1-4-8-18-11(5-2)17-13(14(18)15)10-6-7-12(19-3)16-9-10/h6-7,9H,4-5,8,15H2,1-3H3. The van der Waals surface area contributed by atoms with Crippen LogP contribution in [0.25, 0.3) is 11.3 Å². The summed E-state index contributed by atoms with van der Waals surface area (Å²) in [7, 11) is 1.60. The molecule has 0 aliphatic heterocycles. The number of rotatable bonds is 5. The molecule has 0 radical (unpaired) electrons. The smallest absolute Gasteiger partial charge is 0.212 e. The lowest BCUT2D eigenvalue weighted by Crippen LogP contribution is -2.06. The van der Waals surface area contributed by atoms with Crippen molar-refractivity contribution in [2.75, 3.05) is 12.8 Å². The zero-order valence-electron chi connectivity index (χ0n) is 11.7. The van der Waals surface area contributed by atoms with Crippen LogP contribution < -0.4 is 10.5 Å². The van der Waals surface area contributed by atoms with Gasteiger partial charge in [-0.15, -0.1) is 0 Å². The summed E-state index contributed by atoms with van der Waals surface area (Å²) in [6.45, 7) is 5.11. The van der Waals surface area contributed by atoms with E-state index in [1.807, 2.05) is 12.1 Å². The van der Waals surface area contributed by atoms with Crippen LogP contribution in [0.3, 0.4) is 0 Å². The number of methoxy groups -OCH3 is 1. The number of hydrogen-bond donors (Lipinski definition) is 1. The highest BCUT2D eigenvalue weighted by atomic mass is 16.5. The summed E-state index contributed by atoms with van der Waals surface area (Å²) in [4.78, 5) is 8.83. The number of imidazole rings is 1. The van der Waals surface area contributed by atoms with Crippen molar-refractivity contribution in [1.29, 1.82) is 0 Å². The molecule has 2 rings (SSSR count). The highest BCUT2D eigenvalue weighted by molar-refractivity contribution is 5.70. The van der Waals surface area contributed by atoms with Gasteiger partial charge in [-0.1, -0.05) is 13.8 Å². The van der Waals surface area contributed by atoms with E-state index in [-0.39, 0.29) is 0 Å². The van der Waals surface area contributed by atoms with Gasteiger partial charge in [0.25, 0.3) is 0 Å². The van der Waals surface area contributed by atoms with Crippen molar-refractivity contribution in [2.45, 2.75) is 33.2 Å². The number of anilines is 1. The summed E-state index contributed by atoms with van der Waals surface area (Å²) in [5.41, 5.74) is 7.94. The molecule has 0 spiro atoms. The van der Waals surface area contributed by atoms with Crippen molar-refractivity contribution >= 4 is 5.82 Å². The zero-order valence-corrected chi connectivity index (χ0v) is 11.7. The van der Waals surface area contributed by atoms with Crippen molar-refractivity contribution in [1.82, 2.24) is 14.5 Å². The van der Waals surface area contributed by atoms with E-state index in [1.165, 1.54) is 0 Å². The number of pyridine rings is 1. The molecule has 19 heavy (non-hydrogen) atoms. The van der Waals surface area contributed by atoms with Gasteiger partial charge in [-0.25, -0.2) is 9.97 Å². The van der Waals surface area contributed by atoms with Crippen LogP contribution >= 0.6 is 0 Å². The van der Waals surface area contributed by atoms with Crippen LogP contribution in [0.15, 0.2) is 18.3 Å². The molecule has 0 saturated carbocycles. The molecular weight excluding hydrogens is 240 g/mol. The molecule has 0 saturated heterocycles. The third-order valence-electron chi connectivity index (χ3n) is 3.07. The highest BCUT2D eigenvalue weighted by Crippen LogP contribution is 2.27. The Morgan fingerprint density at radius 2 is 2.11 bits per heavy atom. The van der Waals surface area contributed by atoms with Gasteiger partial charge in [-0.3, -0.25) is 0 Å². The molecule has 0 bridgehead atoms. The summed E-state index contributed by atoms with van der Waals surface area (Å²) in [5.74, 6) is 2.32. The van der Waals surface area contributed by atoms with E-state index in [0.29, 0.717) is 11.7 Å². The number of nitrogens with two attached hydrogens (primary N) is 1. The monoisotopic (exact) mass is 260 g/mol. The molecule has 2 heterocycles. The third-order valence-corrected chi connectivity index (χ3v) is 3.07. The van der Waals surface area contributed by atoms with Gasteiger partial charge in [-0.05, 0) is 12.5 Å². The third kappa shape index (κ3) is 2.54. The van der Waals surface area contributed by atoms with Crippen LogP contribution in [-0.2, 0) is 13.0 Å². The fourth-order valence-corrected chi connectivity index (χ4v) is 2.11. The summed E-state index contributed by atoms with van der Waals surface area (Å²) >= 11 is 0. The summed E-state index contributed by atoms with van der Waals surface area (Å²) in [6, 6.07) is 3.75. The molecule has 2 aromatic heterocycles. The minimum absolute atomic E-state index is 0.589. The van der Waals surface area contributed by atoms with E-state index < -0.39 is 0 Å². The van der Waals surface area contributed by atoms with Crippen molar-refractivity contribution in [3.8, 4) is 17.1 Å². The Bertz CT molecular complexity index is 545. The first-order valence-corrected chi connectivity index (χ1v) is 6.56. The first-order valence-electron chi connectivity index (χ1n) is 6.56. The highest BCUT2D eigenvalue weighted by Gasteiger charge is 2.14. The van der Waals surface area contributed by atoms with Gasteiger partial charge >= 0.3 is 0 Å². The molecule has 0 fully saturated rings. The molecule has 102 valence electrons. The fourth-order valence-electron chi connectivity index (χ4n) is 2.11. The molecular formula is C14H20N4O. The molecule has 0 amide bonds. The lowest BCUT2D eigenvalue weighted by molar-refractivity contribution is 0.398. The number of aromatic nitrogens is 3. The minimum Gasteiger partial charge on any atom is -0.481 e. The Morgan fingerprint density at radius 1 is 1.32 bits per heavy atom. The number of ether oxygens (including phenoxy) is 1. The van der Waals surface area contributed by atoms with Crippen LogP contribution in [0.2, 0.25) is 0 Å². The van der Waals surface area contributed by atoms with E-state index in [9.17, 15) is 0 Å². The summed E-state index contributed by atoms with van der Waals surface area (Å²) < 4.78 is 7.14. The van der Waals surface area contributed by atoms with Gasteiger partial charge in [0, 0.05) is 30.8 Å². The van der Waals surface area contributed by atoms with Crippen LogP contribution in [-0.4, -0.2) is 21.6 Å². The molecule has 2 aromatic rings. The minimum atomic E-state index is 0.589. The molecule has 2 N–H and O–H groups in total. The average molecular weight is 260 g/mol. The average Bonchev–Trinajstić information content (AvgIpc) is 2.76. The van der Waals surface area contributed by atoms with Crippen LogP contribution in [0.1, 0.15) is 26.1 Å². The lowest BCUT2D eigenvalue weighted by atomic mass is 10.2. The van der Waals surface area contributed by atoms with Crippen LogP contribution in [0.4, 0.5) is 5.82 Å². The van der Waals surface area contributed by atoms with E-state index in [2.05, 4.69) is 28.4 Å². The van der Waals surface area contributed by atoms with Gasteiger partial charge in [0.2, 0.25) is 5.88 Å². The number of aryl methyl sites for hydroxylation is 1. The van der Waals surface area contributed by atoms with E-state index in [4.69, 9.17) is 10.5 Å². The van der Waals surface area contributed by atoms with Gasteiger partial charge in [0.05, 0.1) is 7.11 Å². The van der Waals surface area contributed by atoms with E-state index in [1.54, 1.807) is 13.3 Å². The predicted molar refractivity (Wildman–Crippen MR) is 76.1 cm³/mol. The largest absolute Gasteiger partial charge is 0.481 e. The number of hydrogen-bond acceptors (Lipinski definition) is 4. The lowest BCUT2D eigenvalue weighted by Gasteiger charge is -2.06. The van der Waals surface area contributed by atoms with E-state index >= 15 is 0 Å². The SMILES string of the molecule is CCCn1c(CC)nc(-c2ccc(OC)nc2)c1N. The molecule has 0 unspecified atom stereocenters. The molecule has 0 aromatic carbocycles. The van der Waals surface area contributed by atoms with Crippen LogP contribution in [0, 0.1) is 0 Å². The van der Waals surface area contributed by atoms with Gasteiger partial charge in [0.1, 0.15) is 17.3 Å². The Hall–Kier alpha value is -2.04. The Labute approximate surface area is 113 Å². The summed E-state index contributed by atoms with van der Waals surface area (Å²) in [6.07, 6.45) is 3.65. The summed E-state index contributed by atoms with van der Waals surface area (Å²) in [5, 5.41) is 0. The zero-order chi connectivity index (χ0) is 13.8. The molecule has 5 heteroatoms. The van der Waals surface area contributed by atoms with Gasteiger partial charge in [-0.2, -0.15) is 0 Å². The quantitative estimate of drug-likeness (QED) is 0.897. The molecule has 0 atom stereocenters. The second-order valence-corrected chi connectivity index (χ2v) is 4.36. The Morgan fingerprint density at radius 3 is 2.63 bits per heavy atom. The normalized spacial score (nSPS) is 10.7. The maximum absolute atomic E-state index is 6.21. The molecule has 0 aliphatic carbocycles. The van der Waals surface area contributed by atoms with Crippen molar-refractivity contribution in [3.63, 3.8) is 0 Å². The van der Waals surface area contributed by atoms with Crippen molar-refractivity contribution < 1.29 is 4.74 Å². The van der Waals surface area contributed by atoms with E-state index in [0.717, 1.165) is 36.5 Å². The first kappa shape index (κ1) is 13.4. The van der Waals surface area contributed by atoms with Gasteiger partial charge in [0.15, 0.2) is 0 Å². The topological polar surface area (TPSA) is 66.0 Å².